The third-order valence-corrected chi connectivity index (χ3v) is 2.37. The zero-order valence-electron chi connectivity index (χ0n) is 7.63. The van der Waals surface area contributed by atoms with Crippen LogP contribution in [0.5, 0.6) is 0 Å². The highest BCUT2D eigenvalue weighted by molar-refractivity contribution is 7.80. The summed E-state index contributed by atoms with van der Waals surface area (Å²) in [5.41, 5.74) is 0. The number of nitrogens with one attached hydrogen (secondary N) is 1. The first-order valence-electron chi connectivity index (χ1n) is 4.14. The number of carbonyl (C=O) groups excluding carboxylic acids is 1. The number of carbonyl (C=O) groups is 1. The molecule has 1 aliphatic rings. The summed E-state index contributed by atoms with van der Waals surface area (Å²) in [6.45, 7) is 6.78. The summed E-state index contributed by atoms with van der Waals surface area (Å²) in [5.74, 6) is 0.0796. The summed E-state index contributed by atoms with van der Waals surface area (Å²) in [6.07, 6.45) is 0. The van der Waals surface area contributed by atoms with E-state index in [1.807, 2.05) is 11.8 Å². The molecule has 0 saturated carbocycles. The van der Waals surface area contributed by atoms with E-state index in [0.717, 1.165) is 6.54 Å². The van der Waals surface area contributed by atoms with Crippen LogP contribution in [0, 0.1) is 5.92 Å². The molecule has 0 aliphatic carbocycles. The van der Waals surface area contributed by atoms with Crippen molar-refractivity contribution in [1.29, 1.82) is 0 Å². The van der Waals surface area contributed by atoms with Gasteiger partial charge in [-0.15, -0.1) is 0 Å². The van der Waals surface area contributed by atoms with Crippen LogP contribution in [0.4, 0.5) is 0 Å². The maximum Gasteiger partial charge on any atom is 0.230 e. The molecule has 0 aromatic rings. The van der Waals surface area contributed by atoms with Crippen LogP contribution in [-0.2, 0) is 4.79 Å². The number of rotatable bonds is 1. The molecule has 0 aromatic carbocycles. The third-order valence-electron chi connectivity index (χ3n) is 2.03. The van der Waals surface area contributed by atoms with Gasteiger partial charge in [0.25, 0.3) is 0 Å². The highest BCUT2D eigenvalue weighted by Gasteiger charge is 2.27. The van der Waals surface area contributed by atoms with Crippen LogP contribution in [0.2, 0.25) is 0 Å². The van der Waals surface area contributed by atoms with Crippen LogP contribution in [0.1, 0.15) is 20.8 Å². The highest BCUT2D eigenvalue weighted by Crippen LogP contribution is 2.10. The van der Waals surface area contributed by atoms with E-state index >= 15 is 0 Å². The van der Waals surface area contributed by atoms with Gasteiger partial charge in [0, 0.05) is 12.6 Å². The highest BCUT2D eigenvalue weighted by atomic mass is 32.1. The lowest BCUT2D eigenvalue weighted by molar-refractivity contribution is -0.124. The second-order valence-corrected chi connectivity index (χ2v) is 3.83. The molecule has 1 atom stereocenters. The molecule has 0 unspecified atom stereocenters. The Labute approximate surface area is 78.1 Å². The van der Waals surface area contributed by atoms with Crippen LogP contribution < -0.4 is 5.32 Å². The fourth-order valence-electron chi connectivity index (χ4n) is 1.21. The third kappa shape index (κ3) is 1.75. The van der Waals surface area contributed by atoms with E-state index in [4.69, 9.17) is 12.2 Å². The van der Waals surface area contributed by atoms with Crippen molar-refractivity contribution in [3.63, 3.8) is 0 Å². The lowest BCUT2D eigenvalue weighted by atomic mass is 10.1. The Bertz CT molecular complexity index is 215. The van der Waals surface area contributed by atoms with E-state index < -0.39 is 0 Å². The molecule has 68 valence electrons. The Hall–Kier alpha value is -0.640. The van der Waals surface area contributed by atoms with Gasteiger partial charge >= 0.3 is 0 Å². The molecule has 0 spiro atoms. The molecule has 1 amide bonds. The summed E-state index contributed by atoms with van der Waals surface area (Å²) in [5, 5.41) is 3.24. The van der Waals surface area contributed by atoms with Crippen molar-refractivity contribution in [3.05, 3.63) is 0 Å². The maximum absolute atomic E-state index is 11.1. The molecule has 1 heterocycles. The van der Waals surface area contributed by atoms with Crippen LogP contribution >= 0.6 is 12.2 Å². The largest absolute Gasteiger partial charge is 0.346 e. The van der Waals surface area contributed by atoms with Crippen LogP contribution in [0.3, 0.4) is 0 Å². The SMILES string of the molecule is CC(C)N1C[C@H](C)C(=O)NC1=S. The van der Waals surface area contributed by atoms with Crippen molar-refractivity contribution in [2.24, 2.45) is 5.92 Å². The molecule has 0 aromatic heterocycles. The Kier molecular flexibility index (Phi) is 2.67. The maximum atomic E-state index is 11.1. The van der Waals surface area contributed by atoms with Crippen LogP contribution in [0.25, 0.3) is 0 Å². The monoisotopic (exact) mass is 186 g/mol. The Morgan fingerprint density at radius 2 is 2.25 bits per heavy atom. The average Bonchev–Trinajstić information content (AvgIpc) is 1.96. The lowest BCUT2D eigenvalue weighted by Crippen LogP contribution is -2.55. The minimum Gasteiger partial charge on any atom is -0.346 e. The number of thiocarbonyl (C=S) groups is 1. The molecular formula is C8H14N2OS. The van der Waals surface area contributed by atoms with Gasteiger partial charge in [-0.05, 0) is 26.1 Å². The molecular weight excluding hydrogens is 172 g/mol. The van der Waals surface area contributed by atoms with Gasteiger partial charge < -0.3 is 10.2 Å². The summed E-state index contributed by atoms with van der Waals surface area (Å²) in [6, 6.07) is 0.362. The molecule has 4 heteroatoms. The average molecular weight is 186 g/mol. The van der Waals surface area contributed by atoms with Gasteiger partial charge in [0.15, 0.2) is 5.11 Å². The predicted octanol–water partition coefficient (Wildman–Crippen LogP) is 0.748. The number of amides is 1. The first-order chi connectivity index (χ1) is 5.52. The molecule has 3 nitrogen and oxygen atoms in total. The molecule has 1 aliphatic heterocycles. The van der Waals surface area contributed by atoms with E-state index in [2.05, 4.69) is 19.2 Å². The summed E-state index contributed by atoms with van der Waals surface area (Å²) >= 11 is 5.03. The van der Waals surface area contributed by atoms with Gasteiger partial charge in [0.2, 0.25) is 5.91 Å². The lowest BCUT2D eigenvalue weighted by Gasteiger charge is -2.35. The van der Waals surface area contributed by atoms with Gasteiger partial charge in [-0.3, -0.25) is 4.79 Å². The van der Waals surface area contributed by atoms with Gasteiger partial charge in [0.1, 0.15) is 0 Å². The molecule has 1 fully saturated rings. The summed E-state index contributed by atoms with van der Waals surface area (Å²) in [4.78, 5) is 13.2. The zero-order valence-corrected chi connectivity index (χ0v) is 8.44. The minimum atomic E-state index is 0.0388. The molecule has 1 saturated heterocycles. The molecule has 0 radical (unpaired) electrons. The van der Waals surface area contributed by atoms with Crippen molar-refractivity contribution >= 4 is 23.2 Å². The minimum absolute atomic E-state index is 0.0388. The van der Waals surface area contributed by atoms with Gasteiger partial charge in [-0.2, -0.15) is 0 Å². The second-order valence-electron chi connectivity index (χ2n) is 3.44. The van der Waals surface area contributed by atoms with Crippen LogP contribution in [0.15, 0.2) is 0 Å². The quantitative estimate of drug-likeness (QED) is 0.613. The van der Waals surface area contributed by atoms with E-state index in [0.29, 0.717) is 11.2 Å². The van der Waals surface area contributed by atoms with Crippen molar-refractivity contribution in [1.82, 2.24) is 10.2 Å². The molecule has 1 N–H and O–H groups in total. The second kappa shape index (κ2) is 3.39. The fraction of sp³-hybridized carbons (Fsp3) is 0.750. The van der Waals surface area contributed by atoms with E-state index in [1.54, 1.807) is 0 Å². The van der Waals surface area contributed by atoms with E-state index in [1.165, 1.54) is 0 Å². The first-order valence-corrected chi connectivity index (χ1v) is 4.54. The fourth-order valence-corrected chi connectivity index (χ4v) is 1.59. The van der Waals surface area contributed by atoms with Gasteiger partial charge in [-0.25, -0.2) is 0 Å². The zero-order chi connectivity index (χ0) is 9.30. The number of hydrogen-bond donors (Lipinski definition) is 1. The Morgan fingerprint density at radius 3 is 2.75 bits per heavy atom. The van der Waals surface area contributed by atoms with Gasteiger partial charge in [0.05, 0.1) is 5.92 Å². The normalized spacial score (nSPS) is 24.7. The predicted molar refractivity (Wildman–Crippen MR) is 51.7 cm³/mol. The molecule has 0 bridgehead atoms. The molecule has 1 rings (SSSR count). The number of nitrogens with zero attached hydrogens (tertiary/aromatic N) is 1. The van der Waals surface area contributed by atoms with Crippen molar-refractivity contribution in [3.8, 4) is 0 Å². The summed E-state index contributed by atoms with van der Waals surface area (Å²) < 4.78 is 0. The summed E-state index contributed by atoms with van der Waals surface area (Å²) in [7, 11) is 0. The van der Waals surface area contributed by atoms with Crippen molar-refractivity contribution < 1.29 is 4.79 Å². The van der Waals surface area contributed by atoms with Crippen LogP contribution in [-0.4, -0.2) is 28.5 Å². The van der Waals surface area contributed by atoms with Crippen molar-refractivity contribution in [2.45, 2.75) is 26.8 Å². The standard InChI is InChI=1S/C8H14N2OS/c1-5(2)10-4-6(3)7(11)9-8(10)12/h5-6H,4H2,1-3H3,(H,9,11,12)/t6-/m0/s1. The van der Waals surface area contributed by atoms with Crippen molar-refractivity contribution in [2.75, 3.05) is 6.54 Å². The van der Waals surface area contributed by atoms with E-state index in [-0.39, 0.29) is 11.8 Å². The van der Waals surface area contributed by atoms with Gasteiger partial charge in [-0.1, -0.05) is 6.92 Å². The Balaban J connectivity index is 2.68. The Morgan fingerprint density at radius 1 is 1.67 bits per heavy atom. The molecule has 12 heavy (non-hydrogen) atoms. The van der Waals surface area contributed by atoms with E-state index in [9.17, 15) is 4.79 Å². The smallest absolute Gasteiger partial charge is 0.230 e. The number of hydrogen-bond acceptors (Lipinski definition) is 2. The topological polar surface area (TPSA) is 32.3 Å². The first kappa shape index (κ1) is 9.45.